The summed E-state index contributed by atoms with van der Waals surface area (Å²) in [5.74, 6) is 0.399. The van der Waals surface area contributed by atoms with Crippen LogP contribution in [0.15, 0.2) is 47.3 Å². The Morgan fingerprint density at radius 2 is 1.92 bits per heavy atom. The Morgan fingerprint density at radius 3 is 2.69 bits per heavy atom. The quantitative estimate of drug-likeness (QED) is 0.880. The van der Waals surface area contributed by atoms with Gasteiger partial charge in [0.1, 0.15) is 22.5 Å². The normalized spacial score (nSPS) is 18.6. The van der Waals surface area contributed by atoms with Gasteiger partial charge in [-0.3, -0.25) is 0 Å². The lowest BCUT2D eigenvalue weighted by atomic mass is 10.2. The smallest absolute Gasteiger partial charge is 0.272 e. The zero-order valence-corrected chi connectivity index (χ0v) is 15.5. The van der Waals surface area contributed by atoms with Gasteiger partial charge in [0.2, 0.25) is 0 Å². The van der Waals surface area contributed by atoms with Crippen molar-refractivity contribution >= 4 is 26.7 Å². The largest absolute Gasteiger partial charge is 0.496 e. The lowest BCUT2D eigenvalue weighted by molar-refractivity contribution is 0.300. The highest BCUT2D eigenvalue weighted by Crippen LogP contribution is 2.31. The Labute approximate surface area is 153 Å². The van der Waals surface area contributed by atoms with Crippen LogP contribution in [0.4, 0.5) is 5.69 Å². The number of aromatic nitrogens is 2. The molecule has 1 aromatic heterocycles. The molecule has 0 saturated carbocycles. The molecule has 8 heteroatoms. The highest BCUT2D eigenvalue weighted by Gasteiger charge is 2.28. The Morgan fingerprint density at radius 1 is 1.15 bits per heavy atom. The molecule has 1 aliphatic heterocycles. The van der Waals surface area contributed by atoms with Crippen LogP contribution in [0.3, 0.4) is 0 Å². The van der Waals surface area contributed by atoms with Gasteiger partial charge in [0.25, 0.3) is 10.0 Å². The average molecular weight is 374 g/mol. The number of anilines is 1. The Hall–Kier alpha value is -2.32. The number of hydrogen-bond donors (Lipinski definition) is 1. The minimum atomic E-state index is -3.76. The summed E-state index contributed by atoms with van der Waals surface area (Å²) >= 11 is 0. The van der Waals surface area contributed by atoms with E-state index in [4.69, 9.17) is 4.74 Å². The average Bonchev–Trinajstić information content (AvgIpc) is 3.13. The molecule has 2 heterocycles. The van der Waals surface area contributed by atoms with Crippen molar-refractivity contribution in [2.75, 3.05) is 38.2 Å². The number of nitrogens with one attached hydrogen (secondary N) is 1. The van der Waals surface area contributed by atoms with Gasteiger partial charge < -0.3 is 15.0 Å². The molecule has 0 bridgehead atoms. The van der Waals surface area contributed by atoms with E-state index in [0.29, 0.717) is 23.2 Å². The predicted octanol–water partition coefficient (Wildman–Crippen LogP) is 1.83. The van der Waals surface area contributed by atoms with E-state index < -0.39 is 10.0 Å². The molecule has 0 amide bonds. The highest BCUT2D eigenvalue weighted by atomic mass is 32.2. The third-order valence-electron chi connectivity index (χ3n) is 4.81. The topological polar surface area (TPSA) is 76.5 Å². The maximum Gasteiger partial charge on any atom is 0.272 e. The summed E-state index contributed by atoms with van der Waals surface area (Å²) in [6.07, 6.45) is 6.40. The number of allylic oxidation sites excluding steroid dienone is 2. The van der Waals surface area contributed by atoms with Crippen molar-refractivity contribution in [2.45, 2.75) is 12.8 Å². The fourth-order valence-electron chi connectivity index (χ4n) is 3.51. The molecule has 26 heavy (non-hydrogen) atoms. The van der Waals surface area contributed by atoms with Crippen LogP contribution in [0.2, 0.25) is 0 Å². The fourth-order valence-corrected chi connectivity index (χ4v) is 5.05. The molecular formula is C18H22N4O3S. The summed E-state index contributed by atoms with van der Waals surface area (Å²) < 4.78 is 33.0. The Bertz CT molecular complexity index is 985. The van der Waals surface area contributed by atoms with Crippen LogP contribution in [-0.4, -0.2) is 50.7 Å². The van der Waals surface area contributed by atoms with Crippen molar-refractivity contribution in [1.82, 2.24) is 14.3 Å². The molecule has 0 unspecified atom stereocenters. The SMILES string of the molecule is COC1=CCCC=C1S(=O)(=O)n1cnc2c(N3CCNCC3)cccc21. The minimum Gasteiger partial charge on any atom is -0.496 e. The zero-order valence-electron chi connectivity index (χ0n) is 14.7. The molecule has 138 valence electrons. The van der Waals surface area contributed by atoms with E-state index in [1.807, 2.05) is 18.2 Å². The number of para-hydroxylation sites is 1. The molecule has 4 rings (SSSR count). The van der Waals surface area contributed by atoms with Gasteiger partial charge in [0, 0.05) is 26.2 Å². The maximum absolute atomic E-state index is 13.2. The van der Waals surface area contributed by atoms with Crippen molar-refractivity contribution < 1.29 is 13.2 Å². The molecule has 1 N–H and O–H groups in total. The molecular weight excluding hydrogens is 352 g/mol. The summed E-state index contributed by atoms with van der Waals surface area (Å²) in [5.41, 5.74) is 2.26. The summed E-state index contributed by atoms with van der Waals surface area (Å²) in [6.45, 7) is 3.56. The zero-order chi connectivity index (χ0) is 18.1. The van der Waals surface area contributed by atoms with E-state index in [1.54, 1.807) is 12.1 Å². The van der Waals surface area contributed by atoms with E-state index >= 15 is 0 Å². The number of hydrogen-bond acceptors (Lipinski definition) is 6. The summed E-state index contributed by atoms with van der Waals surface area (Å²) in [7, 11) is -2.27. The lowest BCUT2D eigenvalue weighted by Gasteiger charge is -2.29. The first kappa shape index (κ1) is 17.1. The van der Waals surface area contributed by atoms with Gasteiger partial charge in [-0.2, -0.15) is 0 Å². The second-order valence-electron chi connectivity index (χ2n) is 6.35. The third kappa shape index (κ3) is 2.79. The third-order valence-corrected chi connectivity index (χ3v) is 6.54. The van der Waals surface area contributed by atoms with Gasteiger partial charge in [-0.25, -0.2) is 17.4 Å². The molecule has 1 fully saturated rings. The van der Waals surface area contributed by atoms with Crippen LogP contribution in [0.1, 0.15) is 12.8 Å². The summed E-state index contributed by atoms with van der Waals surface area (Å²) in [4.78, 5) is 6.89. The number of imidazole rings is 1. The van der Waals surface area contributed by atoms with E-state index in [9.17, 15) is 8.42 Å². The van der Waals surface area contributed by atoms with Crippen LogP contribution in [0.25, 0.3) is 11.0 Å². The van der Waals surface area contributed by atoms with Crippen molar-refractivity contribution in [3.05, 3.63) is 47.3 Å². The van der Waals surface area contributed by atoms with Gasteiger partial charge in [-0.1, -0.05) is 12.1 Å². The molecule has 1 aromatic carbocycles. The lowest BCUT2D eigenvalue weighted by Crippen LogP contribution is -2.43. The van der Waals surface area contributed by atoms with Gasteiger partial charge in [0.15, 0.2) is 0 Å². The molecule has 1 saturated heterocycles. The number of benzene rings is 1. The van der Waals surface area contributed by atoms with Gasteiger partial charge in [0.05, 0.1) is 18.3 Å². The van der Waals surface area contributed by atoms with E-state index in [0.717, 1.165) is 38.3 Å². The Kier molecular flexibility index (Phi) is 4.46. The minimum absolute atomic E-state index is 0.207. The van der Waals surface area contributed by atoms with Crippen LogP contribution in [0, 0.1) is 0 Å². The van der Waals surface area contributed by atoms with Crippen molar-refractivity contribution in [3.63, 3.8) is 0 Å². The van der Waals surface area contributed by atoms with Crippen LogP contribution in [0.5, 0.6) is 0 Å². The first-order valence-electron chi connectivity index (χ1n) is 8.75. The number of rotatable bonds is 4. The highest BCUT2D eigenvalue weighted by molar-refractivity contribution is 7.94. The standard InChI is InChI=1S/C18H22N4O3S/c1-25-16-7-2-3-8-17(16)26(23,24)22-13-20-18-14(5-4-6-15(18)22)21-11-9-19-10-12-21/h4-8,13,19H,2-3,9-12H2,1H3. The monoisotopic (exact) mass is 374 g/mol. The number of methoxy groups -OCH3 is 1. The van der Waals surface area contributed by atoms with E-state index in [2.05, 4.69) is 15.2 Å². The Balaban J connectivity index is 1.80. The summed E-state index contributed by atoms with van der Waals surface area (Å²) in [6, 6.07) is 5.68. The predicted molar refractivity (Wildman–Crippen MR) is 102 cm³/mol. The van der Waals surface area contributed by atoms with Crippen LogP contribution >= 0.6 is 0 Å². The molecule has 0 radical (unpaired) electrons. The van der Waals surface area contributed by atoms with Crippen molar-refractivity contribution in [1.29, 1.82) is 0 Å². The number of nitrogens with zero attached hydrogens (tertiary/aromatic N) is 3. The fraction of sp³-hybridized carbons (Fsp3) is 0.389. The van der Waals surface area contributed by atoms with Crippen molar-refractivity contribution in [3.8, 4) is 0 Å². The van der Waals surface area contributed by atoms with Gasteiger partial charge in [-0.05, 0) is 31.1 Å². The number of fused-ring (bicyclic) bond motifs is 1. The maximum atomic E-state index is 13.2. The van der Waals surface area contributed by atoms with Gasteiger partial charge >= 0.3 is 0 Å². The molecule has 0 atom stereocenters. The molecule has 2 aliphatic rings. The molecule has 7 nitrogen and oxygen atoms in total. The second kappa shape index (κ2) is 6.77. The molecule has 0 spiro atoms. The van der Waals surface area contributed by atoms with Gasteiger partial charge in [-0.15, -0.1) is 0 Å². The van der Waals surface area contributed by atoms with E-state index in [1.165, 1.54) is 17.4 Å². The summed E-state index contributed by atoms with van der Waals surface area (Å²) in [5, 5.41) is 3.33. The molecule has 2 aromatic rings. The first-order chi connectivity index (χ1) is 12.6. The number of piperazine rings is 1. The molecule has 1 aliphatic carbocycles. The van der Waals surface area contributed by atoms with Crippen molar-refractivity contribution in [2.24, 2.45) is 0 Å². The van der Waals surface area contributed by atoms with E-state index in [-0.39, 0.29) is 4.91 Å². The number of ether oxygens (including phenoxy) is 1. The van der Waals surface area contributed by atoms with Crippen LogP contribution < -0.4 is 10.2 Å². The van der Waals surface area contributed by atoms with Crippen LogP contribution in [-0.2, 0) is 14.8 Å². The second-order valence-corrected chi connectivity index (χ2v) is 8.13. The first-order valence-corrected chi connectivity index (χ1v) is 10.2.